The number of hydrogen-bond donors (Lipinski definition) is 1. The minimum atomic E-state index is -0.459. The average Bonchev–Trinajstić information content (AvgIpc) is 2.86. The number of nitrogens with zero attached hydrogens (tertiary/aromatic N) is 3. The summed E-state index contributed by atoms with van der Waals surface area (Å²) < 4.78 is 10.8. The number of aryl methyl sites for hydroxylation is 1. The number of carbonyl (C=O) groups excluding carboxylic acids is 1. The molecule has 0 saturated carbocycles. The van der Waals surface area contributed by atoms with E-state index in [2.05, 4.69) is 20.4 Å². The summed E-state index contributed by atoms with van der Waals surface area (Å²) in [4.78, 5) is 14.0. The molecule has 0 atom stereocenters. The van der Waals surface area contributed by atoms with Crippen molar-refractivity contribution in [2.45, 2.75) is 65.1 Å². The van der Waals surface area contributed by atoms with Crippen LogP contribution in [0.2, 0.25) is 0 Å². The van der Waals surface area contributed by atoms with Crippen LogP contribution in [-0.4, -0.2) is 45.9 Å². The second-order valence-corrected chi connectivity index (χ2v) is 6.64. The molecule has 22 heavy (non-hydrogen) atoms. The molecular weight excluding hydrogens is 284 g/mol. The van der Waals surface area contributed by atoms with Crippen molar-refractivity contribution < 1.29 is 13.9 Å². The van der Waals surface area contributed by atoms with E-state index in [-0.39, 0.29) is 12.1 Å². The van der Waals surface area contributed by atoms with Gasteiger partial charge in [-0.25, -0.2) is 4.79 Å². The van der Waals surface area contributed by atoms with Crippen molar-refractivity contribution in [2.75, 3.05) is 13.1 Å². The number of alkyl carbamates (subject to hydrolysis) is 1. The Kier molecular flexibility index (Phi) is 5.39. The first kappa shape index (κ1) is 16.7. The van der Waals surface area contributed by atoms with Gasteiger partial charge in [0.15, 0.2) is 0 Å². The smallest absolute Gasteiger partial charge is 0.407 e. The summed E-state index contributed by atoms with van der Waals surface area (Å²) in [6.07, 6.45) is 2.21. The molecule has 0 radical (unpaired) electrons. The Morgan fingerprint density at radius 2 is 1.95 bits per heavy atom. The number of carbonyl (C=O) groups is 1. The fraction of sp³-hybridized carbons (Fsp3) is 0.800. The van der Waals surface area contributed by atoms with Crippen molar-refractivity contribution in [3.8, 4) is 0 Å². The first-order valence-electron chi connectivity index (χ1n) is 7.89. The summed E-state index contributed by atoms with van der Waals surface area (Å²) in [5.74, 6) is 1.34. The third kappa shape index (κ3) is 5.29. The molecule has 1 amide bonds. The number of aromatic nitrogens is 2. The number of hydrogen-bond acceptors (Lipinski definition) is 6. The molecule has 1 aliphatic heterocycles. The Balaban J connectivity index is 1.72. The maximum Gasteiger partial charge on any atom is 0.407 e. The predicted octanol–water partition coefficient (Wildman–Crippen LogP) is 2.12. The highest BCUT2D eigenvalue weighted by Crippen LogP contribution is 2.14. The largest absolute Gasteiger partial charge is 0.444 e. The highest BCUT2D eigenvalue weighted by molar-refractivity contribution is 5.68. The number of nitrogens with one attached hydrogen (secondary N) is 1. The predicted molar refractivity (Wildman–Crippen MR) is 81.3 cm³/mol. The fourth-order valence-electron chi connectivity index (χ4n) is 2.40. The average molecular weight is 310 g/mol. The zero-order valence-corrected chi connectivity index (χ0v) is 13.9. The molecule has 1 fully saturated rings. The molecule has 1 aliphatic rings. The molecule has 2 heterocycles. The Hall–Kier alpha value is -1.63. The lowest BCUT2D eigenvalue weighted by atomic mass is 10.1. The highest BCUT2D eigenvalue weighted by Gasteiger charge is 2.24. The van der Waals surface area contributed by atoms with Gasteiger partial charge in [-0.1, -0.05) is 6.92 Å². The Morgan fingerprint density at radius 3 is 2.50 bits per heavy atom. The molecule has 1 N–H and O–H groups in total. The van der Waals surface area contributed by atoms with Crippen LogP contribution in [0.15, 0.2) is 4.42 Å². The molecule has 7 heteroatoms. The molecule has 0 spiro atoms. The zero-order valence-electron chi connectivity index (χ0n) is 13.9. The molecular formula is C15H26N4O3. The summed E-state index contributed by atoms with van der Waals surface area (Å²) in [5.41, 5.74) is -0.459. The van der Waals surface area contributed by atoms with E-state index in [0.717, 1.165) is 32.4 Å². The molecule has 1 saturated heterocycles. The van der Waals surface area contributed by atoms with Crippen LogP contribution in [-0.2, 0) is 17.7 Å². The maximum atomic E-state index is 11.8. The summed E-state index contributed by atoms with van der Waals surface area (Å²) in [6.45, 7) is 10.0. The summed E-state index contributed by atoms with van der Waals surface area (Å²) in [5, 5.41) is 10.9. The van der Waals surface area contributed by atoms with E-state index in [9.17, 15) is 4.79 Å². The Bertz CT molecular complexity index is 487. The van der Waals surface area contributed by atoms with Gasteiger partial charge in [0.1, 0.15) is 5.60 Å². The normalized spacial score (nSPS) is 17.5. The van der Waals surface area contributed by atoms with Crippen molar-refractivity contribution in [3.05, 3.63) is 11.8 Å². The van der Waals surface area contributed by atoms with Gasteiger partial charge in [-0.3, -0.25) is 4.90 Å². The minimum absolute atomic E-state index is 0.167. The van der Waals surface area contributed by atoms with Gasteiger partial charge in [-0.05, 0) is 33.6 Å². The maximum absolute atomic E-state index is 11.8. The van der Waals surface area contributed by atoms with Crippen molar-refractivity contribution >= 4 is 6.09 Å². The number of ether oxygens (including phenoxy) is 1. The second-order valence-electron chi connectivity index (χ2n) is 6.64. The SMILES string of the molecule is CCc1nnc(CN2CCC(NC(=O)OC(C)(C)C)CC2)o1. The van der Waals surface area contributed by atoms with E-state index in [0.29, 0.717) is 18.3 Å². The molecule has 1 aromatic rings. The quantitative estimate of drug-likeness (QED) is 0.917. The standard InChI is InChI=1S/C15H26N4O3/c1-5-12-17-18-13(21-12)10-19-8-6-11(7-9-19)16-14(20)22-15(2,3)4/h11H,5-10H2,1-4H3,(H,16,20). The first-order chi connectivity index (χ1) is 10.4. The molecule has 2 rings (SSSR count). The van der Waals surface area contributed by atoms with Crippen molar-refractivity contribution in [1.82, 2.24) is 20.4 Å². The van der Waals surface area contributed by atoms with Crippen LogP contribution < -0.4 is 5.32 Å². The Morgan fingerprint density at radius 1 is 1.32 bits per heavy atom. The van der Waals surface area contributed by atoms with Gasteiger partial charge in [0, 0.05) is 25.6 Å². The van der Waals surface area contributed by atoms with Crippen LogP contribution in [0.25, 0.3) is 0 Å². The molecule has 0 unspecified atom stereocenters. The van der Waals surface area contributed by atoms with Crippen molar-refractivity contribution in [1.29, 1.82) is 0 Å². The summed E-state index contributed by atoms with van der Waals surface area (Å²) in [7, 11) is 0. The Labute approximate surface area is 131 Å². The molecule has 0 aliphatic carbocycles. The van der Waals surface area contributed by atoms with Gasteiger partial charge in [0.05, 0.1) is 6.54 Å². The fourth-order valence-corrected chi connectivity index (χ4v) is 2.40. The van der Waals surface area contributed by atoms with E-state index in [1.807, 2.05) is 27.7 Å². The van der Waals surface area contributed by atoms with Gasteiger partial charge < -0.3 is 14.5 Å². The third-order valence-corrected chi connectivity index (χ3v) is 3.48. The van der Waals surface area contributed by atoms with Crippen LogP contribution in [0.5, 0.6) is 0 Å². The summed E-state index contributed by atoms with van der Waals surface area (Å²) >= 11 is 0. The lowest BCUT2D eigenvalue weighted by molar-refractivity contribution is 0.0475. The molecule has 0 aromatic carbocycles. The zero-order chi connectivity index (χ0) is 16.2. The monoisotopic (exact) mass is 310 g/mol. The lowest BCUT2D eigenvalue weighted by Crippen LogP contribution is -2.45. The van der Waals surface area contributed by atoms with E-state index < -0.39 is 5.60 Å². The molecule has 7 nitrogen and oxygen atoms in total. The van der Waals surface area contributed by atoms with Crippen molar-refractivity contribution in [2.24, 2.45) is 0 Å². The van der Waals surface area contributed by atoms with Crippen LogP contribution in [0, 0.1) is 0 Å². The third-order valence-electron chi connectivity index (χ3n) is 3.48. The van der Waals surface area contributed by atoms with Crippen LogP contribution in [0.3, 0.4) is 0 Å². The first-order valence-corrected chi connectivity index (χ1v) is 7.89. The lowest BCUT2D eigenvalue weighted by Gasteiger charge is -2.31. The van der Waals surface area contributed by atoms with Gasteiger partial charge >= 0.3 is 6.09 Å². The van der Waals surface area contributed by atoms with Gasteiger partial charge in [-0.15, -0.1) is 10.2 Å². The van der Waals surface area contributed by atoms with E-state index >= 15 is 0 Å². The van der Waals surface area contributed by atoms with Gasteiger partial charge in [0.2, 0.25) is 11.8 Å². The van der Waals surface area contributed by atoms with Crippen molar-refractivity contribution in [3.63, 3.8) is 0 Å². The van der Waals surface area contributed by atoms with E-state index in [1.54, 1.807) is 0 Å². The molecule has 1 aromatic heterocycles. The minimum Gasteiger partial charge on any atom is -0.444 e. The van der Waals surface area contributed by atoms with Gasteiger partial charge in [-0.2, -0.15) is 0 Å². The van der Waals surface area contributed by atoms with Crippen LogP contribution in [0.4, 0.5) is 4.79 Å². The molecule has 0 bridgehead atoms. The molecule has 124 valence electrons. The number of amides is 1. The number of likely N-dealkylation sites (tertiary alicyclic amines) is 1. The van der Waals surface area contributed by atoms with Crippen LogP contribution >= 0.6 is 0 Å². The van der Waals surface area contributed by atoms with Gasteiger partial charge in [0.25, 0.3) is 0 Å². The van der Waals surface area contributed by atoms with E-state index in [4.69, 9.17) is 9.15 Å². The second kappa shape index (κ2) is 7.09. The van der Waals surface area contributed by atoms with E-state index in [1.165, 1.54) is 0 Å². The summed E-state index contributed by atoms with van der Waals surface area (Å²) in [6, 6.07) is 0.167. The number of piperidine rings is 1. The topological polar surface area (TPSA) is 80.5 Å². The number of rotatable bonds is 4. The highest BCUT2D eigenvalue weighted by atomic mass is 16.6. The van der Waals surface area contributed by atoms with Crippen LogP contribution in [0.1, 0.15) is 52.3 Å².